The number of hydrogen-bond acceptors (Lipinski definition) is 2. The number of ether oxygens (including phenoxy) is 2. The van der Waals surface area contributed by atoms with E-state index < -0.39 is 0 Å². The molecule has 2 nitrogen and oxygen atoms in total. The van der Waals surface area contributed by atoms with Crippen LogP contribution < -0.4 is 9.47 Å². The van der Waals surface area contributed by atoms with Crippen LogP contribution in [0.5, 0.6) is 23.0 Å². The summed E-state index contributed by atoms with van der Waals surface area (Å²) in [6, 6.07) is 34.4. The van der Waals surface area contributed by atoms with Crippen LogP contribution >= 0.6 is 0 Å². The zero-order chi connectivity index (χ0) is 22.4. The van der Waals surface area contributed by atoms with Gasteiger partial charge in [-0.25, -0.2) is 0 Å². The molecule has 0 amide bonds. The highest BCUT2D eigenvalue weighted by molar-refractivity contribution is 8.01. The van der Waals surface area contributed by atoms with Crippen LogP contribution in [-0.4, -0.2) is 10.5 Å². The Morgan fingerprint density at radius 1 is 0.545 bits per heavy atom. The van der Waals surface area contributed by atoms with E-state index in [0.717, 1.165) is 29.4 Å². The van der Waals surface area contributed by atoms with Crippen molar-refractivity contribution in [1.82, 2.24) is 0 Å². The van der Waals surface area contributed by atoms with Gasteiger partial charge in [0.1, 0.15) is 0 Å². The van der Waals surface area contributed by atoms with E-state index >= 15 is 0 Å². The summed E-state index contributed by atoms with van der Waals surface area (Å²) in [6.07, 6.45) is 1.10. The fourth-order valence-corrected chi connectivity index (χ4v) is 10.9. The smallest absolute Gasteiger partial charge is 0.203 e. The van der Waals surface area contributed by atoms with Crippen molar-refractivity contribution >= 4 is 21.8 Å². The zero-order valence-electron chi connectivity index (χ0n) is 18.7. The van der Waals surface area contributed by atoms with Crippen molar-refractivity contribution in [3.8, 4) is 23.0 Å². The maximum absolute atomic E-state index is 6.33. The SMILES string of the molecule is CC[C@@H]([C@H](C)[S+]1c2ccccc2Oc2ccccc21)[S+]1c2ccccc2Oc2ccccc21. The Labute approximate surface area is 201 Å². The molecule has 2 atom stereocenters. The van der Waals surface area contributed by atoms with Gasteiger partial charge in [0.05, 0.1) is 21.8 Å². The van der Waals surface area contributed by atoms with Crippen LogP contribution in [0.25, 0.3) is 0 Å². The van der Waals surface area contributed by atoms with Crippen LogP contribution in [0.2, 0.25) is 0 Å². The molecule has 0 aliphatic carbocycles. The molecule has 4 aromatic rings. The third kappa shape index (κ3) is 3.44. The first-order chi connectivity index (χ1) is 16.3. The molecule has 0 saturated carbocycles. The van der Waals surface area contributed by atoms with E-state index in [0.29, 0.717) is 10.5 Å². The molecule has 0 N–H and O–H groups in total. The predicted octanol–water partition coefficient (Wildman–Crippen LogP) is 7.84. The molecule has 164 valence electrons. The maximum atomic E-state index is 6.33. The summed E-state index contributed by atoms with van der Waals surface area (Å²) in [6.45, 7) is 4.79. The average Bonchev–Trinajstić information content (AvgIpc) is 2.87. The van der Waals surface area contributed by atoms with E-state index in [4.69, 9.17) is 9.47 Å². The van der Waals surface area contributed by atoms with Gasteiger partial charge >= 0.3 is 0 Å². The van der Waals surface area contributed by atoms with E-state index in [9.17, 15) is 0 Å². The van der Waals surface area contributed by atoms with Gasteiger partial charge in [0, 0.05) is 0 Å². The molecule has 0 spiro atoms. The van der Waals surface area contributed by atoms with Crippen molar-refractivity contribution in [2.75, 3.05) is 0 Å². The minimum absolute atomic E-state index is 0.0766. The minimum Gasteiger partial charge on any atom is -0.447 e. The van der Waals surface area contributed by atoms with Crippen LogP contribution in [0.1, 0.15) is 20.3 Å². The van der Waals surface area contributed by atoms with Gasteiger partial charge in [-0.3, -0.25) is 0 Å². The van der Waals surface area contributed by atoms with E-state index in [1.165, 1.54) is 19.6 Å². The number of benzene rings is 4. The third-order valence-corrected chi connectivity index (χ3v) is 12.2. The first-order valence-corrected chi connectivity index (χ1v) is 14.0. The molecular weight excluding hydrogens is 444 g/mol. The highest BCUT2D eigenvalue weighted by Crippen LogP contribution is 2.51. The van der Waals surface area contributed by atoms with Crippen LogP contribution in [-0.2, 0) is 21.8 Å². The predicted molar refractivity (Wildman–Crippen MR) is 137 cm³/mol. The first-order valence-electron chi connectivity index (χ1n) is 11.4. The van der Waals surface area contributed by atoms with Gasteiger partial charge in [-0.15, -0.1) is 0 Å². The molecule has 0 bridgehead atoms. The Morgan fingerprint density at radius 3 is 1.24 bits per heavy atom. The Balaban J connectivity index is 1.50. The van der Waals surface area contributed by atoms with Gasteiger partial charge in [0.2, 0.25) is 19.6 Å². The number of hydrogen-bond donors (Lipinski definition) is 0. The topological polar surface area (TPSA) is 18.5 Å². The van der Waals surface area contributed by atoms with Crippen molar-refractivity contribution in [2.24, 2.45) is 0 Å². The molecule has 4 aromatic carbocycles. The lowest BCUT2D eigenvalue weighted by molar-refractivity contribution is 0.450. The van der Waals surface area contributed by atoms with E-state index in [-0.39, 0.29) is 21.8 Å². The normalized spacial score (nSPS) is 16.3. The maximum Gasteiger partial charge on any atom is 0.203 e. The average molecular weight is 471 g/mol. The quantitative estimate of drug-likeness (QED) is 0.283. The Bertz CT molecular complexity index is 1230. The van der Waals surface area contributed by atoms with Crippen LogP contribution in [0.3, 0.4) is 0 Å². The van der Waals surface area contributed by atoms with Gasteiger partial charge < -0.3 is 9.47 Å². The molecule has 2 aliphatic heterocycles. The molecule has 0 radical (unpaired) electrons. The van der Waals surface area contributed by atoms with Gasteiger partial charge in [-0.2, -0.15) is 0 Å². The van der Waals surface area contributed by atoms with Crippen molar-refractivity contribution in [3.05, 3.63) is 97.1 Å². The Morgan fingerprint density at radius 2 is 0.879 bits per heavy atom. The molecule has 0 unspecified atom stereocenters. The summed E-state index contributed by atoms with van der Waals surface area (Å²) < 4.78 is 12.6. The molecule has 4 heteroatoms. The van der Waals surface area contributed by atoms with Crippen molar-refractivity contribution < 1.29 is 9.47 Å². The molecule has 0 saturated heterocycles. The molecule has 2 heterocycles. The van der Waals surface area contributed by atoms with Gasteiger partial charge in [-0.05, 0) is 61.9 Å². The largest absolute Gasteiger partial charge is 0.447 e. The van der Waals surface area contributed by atoms with E-state index in [2.05, 4.69) is 111 Å². The highest BCUT2D eigenvalue weighted by Gasteiger charge is 2.53. The Hall–Kier alpha value is -2.82. The summed E-state index contributed by atoms with van der Waals surface area (Å²) in [5, 5.41) is 0.905. The number of para-hydroxylation sites is 4. The van der Waals surface area contributed by atoms with Crippen LogP contribution in [0.4, 0.5) is 0 Å². The van der Waals surface area contributed by atoms with Gasteiger partial charge in [0.25, 0.3) is 0 Å². The Kier molecular flexibility index (Phi) is 5.35. The monoisotopic (exact) mass is 470 g/mol. The van der Waals surface area contributed by atoms with Gasteiger partial charge in [-0.1, -0.05) is 55.5 Å². The van der Waals surface area contributed by atoms with E-state index in [1.807, 2.05) is 0 Å². The lowest BCUT2D eigenvalue weighted by Gasteiger charge is -2.29. The van der Waals surface area contributed by atoms with E-state index in [1.54, 1.807) is 0 Å². The molecular formula is C29H26O2S2+2. The minimum atomic E-state index is -0.0834. The van der Waals surface area contributed by atoms with Crippen molar-refractivity contribution in [2.45, 2.75) is 50.4 Å². The van der Waals surface area contributed by atoms with Crippen LogP contribution in [0.15, 0.2) is 117 Å². The number of fused-ring (bicyclic) bond motifs is 4. The molecule has 0 fully saturated rings. The standard InChI is InChI=1S/C29H26O2S2/c1-3-25(33-28-18-10-6-14-23(28)31-24-15-7-11-19-29(24)33)20(2)32-26-16-8-4-12-21(26)30-22-13-5-9-17-27(22)32/h4-20,25H,3H2,1-2H3/q+2/t20-,25-/m0/s1. The summed E-state index contributed by atoms with van der Waals surface area (Å²) >= 11 is 0. The number of rotatable bonds is 4. The third-order valence-electron chi connectivity index (χ3n) is 6.38. The first kappa shape index (κ1) is 20.8. The van der Waals surface area contributed by atoms with Crippen molar-refractivity contribution in [1.29, 1.82) is 0 Å². The lowest BCUT2D eigenvalue weighted by Crippen LogP contribution is -2.39. The van der Waals surface area contributed by atoms with Crippen LogP contribution in [0, 0.1) is 0 Å². The molecule has 2 aliphatic rings. The fourth-order valence-electron chi connectivity index (χ4n) is 4.91. The second-order valence-electron chi connectivity index (χ2n) is 8.32. The zero-order valence-corrected chi connectivity index (χ0v) is 20.4. The van der Waals surface area contributed by atoms with Gasteiger partial charge in [0.15, 0.2) is 33.5 Å². The second-order valence-corrected chi connectivity index (χ2v) is 12.8. The second kappa shape index (κ2) is 8.51. The summed E-state index contributed by atoms with van der Waals surface area (Å²) in [4.78, 5) is 5.29. The molecule has 0 aromatic heterocycles. The summed E-state index contributed by atoms with van der Waals surface area (Å²) in [5.41, 5.74) is 0. The summed E-state index contributed by atoms with van der Waals surface area (Å²) in [5.74, 6) is 4.00. The molecule has 33 heavy (non-hydrogen) atoms. The van der Waals surface area contributed by atoms with Crippen molar-refractivity contribution in [3.63, 3.8) is 0 Å². The lowest BCUT2D eigenvalue weighted by atomic mass is 10.2. The fraction of sp³-hybridized carbons (Fsp3) is 0.172. The summed E-state index contributed by atoms with van der Waals surface area (Å²) in [7, 11) is -0.160. The highest BCUT2D eigenvalue weighted by atomic mass is 32.2. The molecule has 6 rings (SSSR count).